The Morgan fingerprint density at radius 2 is 1.83 bits per heavy atom. The third-order valence-corrected chi connectivity index (χ3v) is 6.12. The van der Waals surface area contributed by atoms with Crippen LogP contribution >= 0.6 is 0 Å². The standard InChI is InChI=1S/C15H21F3N2O2S/c1-11(19)12-6-8-20(9-7-12)23(21,22)10-13-4-2-3-5-14(13)15(16,17)18/h2-5,11-12H,6-10,19H2,1H3. The Bertz CT molecular complexity index is 636. The minimum atomic E-state index is -4.56. The number of halogens is 3. The predicted molar refractivity (Wildman–Crippen MR) is 82.0 cm³/mol. The van der Waals surface area contributed by atoms with Gasteiger partial charge >= 0.3 is 6.18 Å². The zero-order valence-electron chi connectivity index (χ0n) is 12.9. The minimum Gasteiger partial charge on any atom is -0.328 e. The van der Waals surface area contributed by atoms with Gasteiger partial charge in [0.15, 0.2) is 0 Å². The predicted octanol–water partition coefficient (Wildman–Crippen LogP) is 2.59. The molecule has 2 N–H and O–H groups in total. The van der Waals surface area contributed by atoms with Gasteiger partial charge in [0, 0.05) is 19.1 Å². The molecule has 1 aliphatic heterocycles. The molecule has 4 nitrogen and oxygen atoms in total. The van der Waals surface area contributed by atoms with Crippen LogP contribution in [0.1, 0.15) is 30.9 Å². The van der Waals surface area contributed by atoms with E-state index in [0.29, 0.717) is 25.9 Å². The fourth-order valence-corrected chi connectivity index (χ4v) is 4.48. The maximum atomic E-state index is 13.0. The molecule has 1 heterocycles. The van der Waals surface area contributed by atoms with E-state index in [9.17, 15) is 21.6 Å². The average molecular weight is 350 g/mol. The molecule has 0 aromatic heterocycles. The van der Waals surface area contributed by atoms with Gasteiger partial charge in [-0.15, -0.1) is 0 Å². The summed E-state index contributed by atoms with van der Waals surface area (Å²) >= 11 is 0. The lowest BCUT2D eigenvalue weighted by Gasteiger charge is -2.33. The van der Waals surface area contributed by atoms with Gasteiger partial charge in [-0.25, -0.2) is 12.7 Å². The van der Waals surface area contributed by atoms with Crippen LogP contribution in [0.25, 0.3) is 0 Å². The van der Waals surface area contributed by atoms with E-state index in [1.807, 2.05) is 6.92 Å². The monoisotopic (exact) mass is 350 g/mol. The molecule has 0 saturated carbocycles. The Morgan fingerprint density at radius 1 is 1.26 bits per heavy atom. The van der Waals surface area contributed by atoms with Crippen molar-refractivity contribution in [1.29, 1.82) is 0 Å². The molecule has 1 atom stereocenters. The van der Waals surface area contributed by atoms with Crippen molar-refractivity contribution >= 4 is 10.0 Å². The first kappa shape index (κ1) is 18.2. The third-order valence-electron chi connectivity index (χ3n) is 4.30. The van der Waals surface area contributed by atoms with Crippen LogP contribution in [0.2, 0.25) is 0 Å². The summed E-state index contributed by atoms with van der Waals surface area (Å²) in [5.74, 6) is -0.380. The lowest BCUT2D eigenvalue weighted by molar-refractivity contribution is -0.138. The number of sulfonamides is 1. The number of alkyl halides is 3. The van der Waals surface area contributed by atoms with Crippen LogP contribution in [-0.2, 0) is 22.0 Å². The van der Waals surface area contributed by atoms with Crippen LogP contribution in [-0.4, -0.2) is 31.9 Å². The van der Waals surface area contributed by atoms with Crippen LogP contribution in [0.5, 0.6) is 0 Å². The molecule has 0 amide bonds. The number of nitrogens with two attached hydrogens (primary N) is 1. The maximum absolute atomic E-state index is 13.0. The smallest absolute Gasteiger partial charge is 0.328 e. The van der Waals surface area contributed by atoms with Gasteiger partial charge in [-0.05, 0) is 37.3 Å². The van der Waals surface area contributed by atoms with Gasteiger partial charge < -0.3 is 5.73 Å². The second kappa shape index (κ2) is 6.78. The Labute approximate surface area is 134 Å². The van der Waals surface area contributed by atoms with E-state index < -0.39 is 27.5 Å². The van der Waals surface area contributed by atoms with Crippen molar-refractivity contribution in [1.82, 2.24) is 4.31 Å². The van der Waals surface area contributed by atoms with Gasteiger partial charge in [0.2, 0.25) is 10.0 Å². The number of nitrogens with zero attached hydrogens (tertiary/aromatic N) is 1. The summed E-state index contributed by atoms with van der Waals surface area (Å²) in [6, 6.07) is 4.79. The lowest BCUT2D eigenvalue weighted by Crippen LogP contribution is -2.43. The molecular formula is C15H21F3N2O2S. The molecule has 0 aliphatic carbocycles. The molecule has 1 unspecified atom stereocenters. The molecule has 130 valence electrons. The molecule has 1 aromatic carbocycles. The van der Waals surface area contributed by atoms with Crippen molar-refractivity contribution in [3.05, 3.63) is 35.4 Å². The summed E-state index contributed by atoms with van der Waals surface area (Å²) in [7, 11) is -3.78. The van der Waals surface area contributed by atoms with E-state index in [4.69, 9.17) is 5.73 Å². The summed E-state index contributed by atoms with van der Waals surface area (Å²) in [6.45, 7) is 2.50. The van der Waals surface area contributed by atoms with E-state index >= 15 is 0 Å². The molecule has 0 radical (unpaired) electrons. The van der Waals surface area contributed by atoms with Gasteiger partial charge in [-0.3, -0.25) is 0 Å². The van der Waals surface area contributed by atoms with Crippen LogP contribution in [0, 0.1) is 5.92 Å². The largest absolute Gasteiger partial charge is 0.416 e. The van der Waals surface area contributed by atoms with Crippen LogP contribution in [0.15, 0.2) is 24.3 Å². The van der Waals surface area contributed by atoms with Crippen LogP contribution in [0.4, 0.5) is 13.2 Å². The highest BCUT2D eigenvalue weighted by atomic mass is 32.2. The fraction of sp³-hybridized carbons (Fsp3) is 0.600. The average Bonchev–Trinajstić information content (AvgIpc) is 2.46. The van der Waals surface area contributed by atoms with E-state index in [-0.39, 0.29) is 17.5 Å². The zero-order valence-corrected chi connectivity index (χ0v) is 13.7. The highest BCUT2D eigenvalue weighted by Gasteiger charge is 2.36. The van der Waals surface area contributed by atoms with E-state index in [1.54, 1.807) is 0 Å². The summed E-state index contributed by atoms with van der Waals surface area (Å²) in [6.07, 6.45) is -3.29. The molecule has 1 saturated heterocycles. The van der Waals surface area contributed by atoms with E-state index in [0.717, 1.165) is 6.07 Å². The second-order valence-electron chi connectivity index (χ2n) is 6.01. The van der Waals surface area contributed by atoms with Gasteiger partial charge in [0.1, 0.15) is 0 Å². The minimum absolute atomic E-state index is 0.00851. The second-order valence-corrected chi connectivity index (χ2v) is 7.98. The first-order valence-corrected chi connectivity index (χ1v) is 9.10. The summed E-state index contributed by atoms with van der Waals surface area (Å²) in [5, 5.41) is 0. The first-order valence-electron chi connectivity index (χ1n) is 7.50. The maximum Gasteiger partial charge on any atom is 0.416 e. The highest BCUT2D eigenvalue weighted by molar-refractivity contribution is 7.88. The number of benzene rings is 1. The van der Waals surface area contributed by atoms with Crippen molar-refractivity contribution < 1.29 is 21.6 Å². The number of piperidine rings is 1. The zero-order chi connectivity index (χ0) is 17.3. The number of hydrogen-bond acceptors (Lipinski definition) is 3. The molecule has 8 heteroatoms. The van der Waals surface area contributed by atoms with E-state index in [2.05, 4.69) is 0 Å². The van der Waals surface area contributed by atoms with Gasteiger partial charge in [-0.1, -0.05) is 18.2 Å². The molecule has 2 rings (SSSR count). The van der Waals surface area contributed by atoms with Crippen molar-refractivity contribution in [2.75, 3.05) is 13.1 Å². The third kappa shape index (κ3) is 4.45. The van der Waals surface area contributed by atoms with Crippen molar-refractivity contribution in [2.24, 2.45) is 11.7 Å². The molecule has 0 spiro atoms. The normalized spacial score (nSPS) is 19.7. The van der Waals surface area contributed by atoms with Gasteiger partial charge in [-0.2, -0.15) is 13.2 Å². The van der Waals surface area contributed by atoms with Crippen molar-refractivity contribution in [3.8, 4) is 0 Å². The quantitative estimate of drug-likeness (QED) is 0.908. The molecule has 1 aliphatic rings. The molecule has 23 heavy (non-hydrogen) atoms. The summed E-state index contributed by atoms with van der Waals surface area (Å²) < 4.78 is 65.1. The molecule has 1 fully saturated rings. The molecular weight excluding hydrogens is 329 g/mol. The van der Waals surface area contributed by atoms with E-state index in [1.165, 1.54) is 22.5 Å². The Morgan fingerprint density at radius 3 is 2.35 bits per heavy atom. The SMILES string of the molecule is CC(N)C1CCN(S(=O)(=O)Cc2ccccc2C(F)(F)F)CC1. The summed E-state index contributed by atoms with van der Waals surface area (Å²) in [4.78, 5) is 0. The Kier molecular flexibility index (Phi) is 5.37. The highest BCUT2D eigenvalue weighted by Crippen LogP contribution is 2.33. The van der Waals surface area contributed by atoms with Crippen molar-refractivity contribution in [2.45, 2.75) is 37.7 Å². The molecule has 1 aromatic rings. The topological polar surface area (TPSA) is 63.4 Å². The van der Waals surface area contributed by atoms with Crippen LogP contribution in [0.3, 0.4) is 0 Å². The molecule has 0 bridgehead atoms. The number of hydrogen-bond donors (Lipinski definition) is 1. The Balaban J connectivity index is 2.14. The van der Waals surface area contributed by atoms with Gasteiger partial charge in [0.25, 0.3) is 0 Å². The van der Waals surface area contributed by atoms with Gasteiger partial charge in [0.05, 0.1) is 11.3 Å². The first-order chi connectivity index (χ1) is 10.6. The van der Waals surface area contributed by atoms with Crippen LogP contribution < -0.4 is 5.73 Å². The van der Waals surface area contributed by atoms with Crippen molar-refractivity contribution in [3.63, 3.8) is 0 Å². The summed E-state index contributed by atoms with van der Waals surface area (Å²) in [5.41, 5.74) is 4.71. The lowest BCUT2D eigenvalue weighted by atomic mass is 9.92. The Hall–Kier alpha value is -1.12. The number of rotatable bonds is 4. The fourth-order valence-electron chi connectivity index (χ4n) is 2.89.